The maximum Gasteiger partial charge on any atom is 0.337 e. The summed E-state index contributed by atoms with van der Waals surface area (Å²) in [6.07, 6.45) is 3.36. The summed E-state index contributed by atoms with van der Waals surface area (Å²) in [6.45, 7) is 2.52. The molecule has 0 radical (unpaired) electrons. The molecule has 2 atom stereocenters. The fourth-order valence-electron chi connectivity index (χ4n) is 1.88. The van der Waals surface area contributed by atoms with Gasteiger partial charge in [-0.3, -0.25) is 4.98 Å². The second kappa shape index (κ2) is 5.66. The van der Waals surface area contributed by atoms with Gasteiger partial charge in [-0.25, -0.2) is 9.59 Å². The number of amides is 2. The molecule has 102 valence electrons. The monoisotopic (exact) mass is 265 g/mol. The van der Waals surface area contributed by atoms with Crippen molar-refractivity contribution in [1.29, 1.82) is 0 Å². The number of ether oxygens (including phenoxy) is 1. The summed E-state index contributed by atoms with van der Waals surface area (Å²) in [7, 11) is 0. The molecule has 0 aliphatic carbocycles. The SMILES string of the molecule is CC1OCCC1NC(=O)Nc1cncc(C(=O)O)c1. The highest BCUT2D eigenvalue weighted by Crippen LogP contribution is 2.13. The van der Waals surface area contributed by atoms with E-state index in [0.717, 1.165) is 6.42 Å². The van der Waals surface area contributed by atoms with Crippen molar-refractivity contribution in [2.75, 3.05) is 11.9 Å². The molecule has 1 aliphatic heterocycles. The number of anilines is 1. The Morgan fingerprint density at radius 1 is 1.47 bits per heavy atom. The van der Waals surface area contributed by atoms with Crippen LogP contribution in [0, 0.1) is 0 Å². The summed E-state index contributed by atoms with van der Waals surface area (Å²) < 4.78 is 5.33. The lowest BCUT2D eigenvalue weighted by molar-refractivity contribution is 0.0696. The van der Waals surface area contributed by atoms with Gasteiger partial charge in [0.15, 0.2) is 0 Å². The number of nitrogens with one attached hydrogen (secondary N) is 2. The molecule has 2 rings (SSSR count). The number of pyridine rings is 1. The Hall–Kier alpha value is -2.15. The summed E-state index contributed by atoms with van der Waals surface area (Å²) >= 11 is 0. The van der Waals surface area contributed by atoms with Crippen LogP contribution in [0.1, 0.15) is 23.7 Å². The number of aromatic nitrogens is 1. The average molecular weight is 265 g/mol. The number of urea groups is 1. The lowest BCUT2D eigenvalue weighted by Gasteiger charge is -2.16. The smallest absolute Gasteiger partial charge is 0.337 e. The van der Waals surface area contributed by atoms with Crippen LogP contribution in [0.25, 0.3) is 0 Å². The van der Waals surface area contributed by atoms with Crippen LogP contribution in [0.3, 0.4) is 0 Å². The molecule has 3 N–H and O–H groups in total. The van der Waals surface area contributed by atoms with Crippen molar-refractivity contribution in [3.63, 3.8) is 0 Å². The van der Waals surface area contributed by atoms with Crippen molar-refractivity contribution < 1.29 is 19.4 Å². The molecule has 7 heteroatoms. The van der Waals surface area contributed by atoms with Gasteiger partial charge in [-0.15, -0.1) is 0 Å². The van der Waals surface area contributed by atoms with E-state index in [4.69, 9.17) is 9.84 Å². The fraction of sp³-hybridized carbons (Fsp3) is 0.417. The van der Waals surface area contributed by atoms with E-state index < -0.39 is 12.0 Å². The van der Waals surface area contributed by atoms with Gasteiger partial charge in [0.1, 0.15) is 0 Å². The van der Waals surface area contributed by atoms with Crippen molar-refractivity contribution >= 4 is 17.7 Å². The molecular formula is C12H15N3O4. The normalized spacial score (nSPS) is 21.9. The second-order valence-electron chi connectivity index (χ2n) is 4.34. The number of aromatic carboxylic acids is 1. The number of carboxylic acids is 1. The molecule has 2 unspecified atom stereocenters. The number of nitrogens with zero attached hydrogens (tertiary/aromatic N) is 1. The van der Waals surface area contributed by atoms with Crippen LogP contribution >= 0.6 is 0 Å². The molecule has 2 amide bonds. The minimum Gasteiger partial charge on any atom is -0.478 e. The largest absolute Gasteiger partial charge is 0.478 e. The lowest BCUT2D eigenvalue weighted by Crippen LogP contribution is -2.41. The second-order valence-corrected chi connectivity index (χ2v) is 4.34. The van der Waals surface area contributed by atoms with Crippen molar-refractivity contribution in [3.8, 4) is 0 Å². The van der Waals surface area contributed by atoms with E-state index in [1.807, 2.05) is 6.92 Å². The summed E-state index contributed by atoms with van der Waals surface area (Å²) in [4.78, 5) is 26.3. The zero-order chi connectivity index (χ0) is 13.8. The standard InChI is InChI=1S/C12H15N3O4/c1-7-10(2-3-19-7)15-12(18)14-9-4-8(11(16)17)5-13-6-9/h4-7,10H,2-3H2,1H3,(H,16,17)(H2,14,15,18). The number of hydrogen-bond acceptors (Lipinski definition) is 4. The van der Waals surface area contributed by atoms with Crippen LogP contribution in [-0.2, 0) is 4.74 Å². The van der Waals surface area contributed by atoms with E-state index in [0.29, 0.717) is 12.3 Å². The van der Waals surface area contributed by atoms with Crippen molar-refractivity contribution in [1.82, 2.24) is 10.3 Å². The van der Waals surface area contributed by atoms with E-state index in [2.05, 4.69) is 15.6 Å². The van der Waals surface area contributed by atoms with Gasteiger partial charge >= 0.3 is 12.0 Å². The van der Waals surface area contributed by atoms with Crippen LogP contribution in [-0.4, -0.2) is 40.8 Å². The van der Waals surface area contributed by atoms with Crippen molar-refractivity contribution in [2.24, 2.45) is 0 Å². The molecule has 1 fully saturated rings. The summed E-state index contributed by atoms with van der Waals surface area (Å²) in [5.74, 6) is -1.09. The van der Waals surface area contributed by atoms with Gasteiger partial charge in [-0.1, -0.05) is 0 Å². The molecule has 7 nitrogen and oxygen atoms in total. The summed E-state index contributed by atoms with van der Waals surface area (Å²) in [6, 6.07) is 0.922. The maximum absolute atomic E-state index is 11.7. The molecule has 1 saturated heterocycles. The predicted octanol–water partition coefficient (Wildman–Crippen LogP) is 1.08. The first kappa shape index (κ1) is 13.3. The van der Waals surface area contributed by atoms with Crippen LogP contribution in [0.2, 0.25) is 0 Å². The third-order valence-electron chi connectivity index (χ3n) is 2.94. The average Bonchev–Trinajstić information content (AvgIpc) is 2.75. The van der Waals surface area contributed by atoms with E-state index in [1.54, 1.807) is 0 Å². The molecule has 2 heterocycles. The maximum atomic E-state index is 11.7. The quantitative estimate of drug-likeness (QED) is 0.759. The van der Waals surface area contributed by atoms with E-state index in [-0.39, 0.29) is 17.7 Å². The third-order valence-corrected chi connectivity index (χ3v) is 2.94. The van der Waals surface area contributed by atoms with Gasteiger partial charge in [0, 0.05) is 12.8 Å². The zero-order valence-electron chi connectivity index (χ0n) is 10.4. The Labute approximate surface area is 110 Å². The summed E-state index contributed by atoms with van der Waals surface area (Å²) in [5.41, 5.74) is 0.360. The van der Waals surface area contributed by atoms with Crippen LogP contribution < -0.4 is 10.6 Å². The highest BCUT2D eigenvalue weighted by Gasteiger charge is 2.25. The molecule has 1 aromatic heterocycles. The number of carboxylic acid groups (broad SMARTS) is 1. The third kappa shape index (κ3) is 3.41. The molecule has 0 aromatic carbocycles. The lowest BCUT2D eigenvalue weighted by atomic mass is 10.2. The van der Waals surface area contributed by atoms with Crippen molar-refractivity contribution in [2.45, 2.75) is 25.5 Å². The Balaban J connectivity index is 1.95. The van der Waals surface area contributed by atoms with Crippen LogP contribution in [0.15, 0.2) is 18.5 Å². The molecule has 0 bridgehead atoms. The summed E-state index contributed by atoms with van der Waals surface area (Å²) in [5, 5.41) is 14.2. The minimum atomic E-state index is -1.09. The first-order valence-corrected chi connectivity index (χ1v) is 5.93. The van der Waals surface area contributed by atoms with Gasteiger partial charge in [-0.05, 0) is 19.4 Å². The van der Waals surface area contributed by atoms with Gasteiger partial charge in [0.25, 0.3) is 0 Å². The minimum absolute atomic E-state index is 0.0192. The molecule has 0 spiro atoms. The van der Waals surface area contributed by atoms with Gasteiger partial charge in [-0.2, -0.15) is 0 Å². The molecule has 19 heavy (non-hydrogen) atoms. The van der Waals surface area contributed by atoms with Gasteiger partial charge in [0.05, 0.1) is 29.6 Å². The predicted molar refractivity (Wildman–Crippen MR) is 67.2 cm³/mol. The Bertz CT molecular complexity index is 492. The van der Waals surface area contributed by atoms with E-state index in [1.165, 1.54) is 18.5 Å². The number of rotatable bonds is 3. The van der Waals surface area contributed by atoms with Crippen LogP contribution in [0.5, 0.6) is 0 Å². The first-order chi connectivity index (χ1) is 9.06. The van der Waals surface area contributed by atoms with Gasteiger partial charge in [0.2, 0.25) is 0 Å². The van der Waals surface area contributed by atoms with Crippen LogP contribution in [0.4, 0.5) is 10.5 Å². The Morgan fingerprint density at radius 3 is 2.89 bits per heavy atom. The topological polar surface area (TPSA) is 101 Å². The Kier molecular flexibility index (Phi) is 3.96. The van der Waals surface area contributed by atoms with Crippen molar-refractivity contribution in [3.05, 3.63) is 24.0 Å². The van der Waals surface area contributed by atoms with E-state index >= 15 is 0 Å². The highest BCUT2D eigenvalue weighted by molar-refractivity contribution is 5.92. The fourth-order valence-corrected chi connectivity index (χ4v) is 1.88. The number of hydrogen-bond donors (Lipinski definition) is 3. The van der Waals surface area contributed by atoms with E-state index in [9.17, 15) is 9.59 Å². The first-order valence-electron chi connectivity index (χ1n) is 5.93. The molecule has 1 aliphatic rings. The number of carbonyl (C=O) groups is 2. The number of carbonyl (C=O) groups excluding carboxylic acids is 1. The molecule has 0 saturated carbocycles. The van der Waals surface area contributed by atoms with Gasteiger partial charge < -0.3 is 20.5 Å². The molecule has 1 aromatic rings. The zero-order valence-corrected chi connectivity index (χ0v) is 10.4. The highest BCUT2D eigenvalue weighted by atomic mass is 16.5. The molecular weight excluding hydrogens is 250 g/mol. The Morgan fingerprint density at radius 2 is 2.26 bits per heavy atom.